The molecule has 2 amide bonds. The third kappa shape index (κ3) is 4.81. The number of anilines is 1. The van der Waals surface area contributed by atoms with Crippen molar-refractivity contribution < 1.29 is 14.0 Å². The lowest BCUT2D eigenvalue weighted by Crippen LogP contribution is -2.32. The van der Waals surface area contributed by atoms with Crippen molar-refractivity contribution in [3.05, 3.63) is 94.2 Å². The van der Waals surface area contributed by atoms with Crippen LogP contribution in [-0.4, -0.2) is 22.9 Å². The molecule has 0 aliphatic carbocycles. The number of rotatable bonds is 7. The van der Waals surface area contributed by atoms with E-state index >= 15 is 0 Å². The molecule has 0 aliphatic heterocycles. The van der Waals surface area contributed by atoms with E-state index in [2.05, 4.69) is 10.6 Å². The lowest BCUT2D eigenvalue weighted by atomic mass is 10.2. The van der Waals surface area contributed by atoms with Gasteiger partial charge in [-0.25, -0.2) is 4.39 Å². The number of nitrogens with one attached hydrogen (secondary N) is 2. The number of benzene rings is 2. The minimum Gasteiger partial charge on any atom is -0.352 e. The van der Waals surface area contributed by atoms with Crippen molar-refractivity contribution in [1.82, 2.24) is 9.88 Å². The Bertz CT molecular complexity index is 1110. The molecule has 0 unspecified atom stereocenters. The van der Waals surface area contributed by atoms with E-state index in [0.29, 0.717) is 17.9 Å². The monoisotopic (exact) mass is 407 g/mol. The van der Waals surface area contributed by atoms with Gasteiger partial charge < -0.3 is 10.6 Å². The lowest BCUT2D eigenvalue weighted by Gasteiger charge is -2.10. The summed E-state index contributed by atoms with van der Waals surface area (Å²) >= 11 is 0. The van der Waals surface area contributed by atoms with Crippen molar-refractivity contribution in [1.29, 1.82) is 0 Å². The zero-order valence-electron chi connectivity index (χ0n) is 16.5. The van der Waals surface area contributed by atoms with Crippen LogP contribution in [0.4, 0.5) is 10.1 Å². The summed E-state index contributed by atoms with van der Waals surface area (Å²) < 4.78 is 15.1. The maximum Gasteiger partial charge on any atom is 0.267 e. The van der Waals surface area contributed by atoms with Crippen LogP contribution < -0.4 is 16.2 Å². The molecule has 0 spiro atoms. The second kappa shape index (κ2) is 9.65. The fraction of sp³-hybridized carbons (Fsp3) is 0.174. The maximum absolute atomic E-state index is 13.7. The average molecular weight is 407 g/mol. The van der Waals surface area contributed by atoms with E-state index < -0.39 is 23.2 Å². The fourth-order valence-corrected chi connectivity index (χ4v) is 2.89. The van der Waals surface area contributed by atoms with Gasteiger partial charge in [0.15, 0.2) is 0 Å². The minimum absolute atomic E-state index is 0.0559. The van der Waals surface area contributed by atoms with E-state index in [4.69, 9.17) is 0 Å². The van der Waals surface area contributed by atoms with Gasteiger partial charge in [0, 0.05) is 24.1 Å². The van der Waals surface area contributed by atoms with Gasteiger partial charge in [-0.1, -0.05) is 25.5 Å². The Morgan fingerprint density at radius 1 is 0.933 bits per heavy atom. The molecule has 0 fully saturated rings. The number of unbranched alkanes of at least 4 members (excludes halogenated alkanes) is 1. The molecule has 1 heterocycles. The molecule has 0 saturated carbocycles. The van der Waals surface area contributed by atoms with Crippen molar-refractivity contribution in [2.45, 2.75) is 19.8 Å². The van der Waals surface area contributed by atoms with E-state index in [-0.39, 0.29) is 11.1 Å². The highest BCUT2D eigenvalue weighted by molar-refractivity contribution is 6.04. The number of aromatic nitrogens is 1. The van der Waals surface area contributed by atoms with Gasteiger partial charge in [-0.15, -0.1) is 0 Å². The molecule has 3 rings (SSSR count). The van der Waals surface area contributed by atoms with Gasteiger partial charge >= 0.3 is 0 Å². The van der Waals surface area contributed by atoms with Crippen LogP contribution in [0.15, 0.2) is 71.7 Å². The van der Waals surface area contributed by atoms with Crippen LogP contribution >= 0.6 is 0 Å². The maximum atomic E-state index is 13.7. The van der Waals surface area contributed by atoms with Crippen molar-refractivity contribution >= 4 is 17.5 Å². The molecular formula is C23H22FN3O3. The topological polar surface area (TPSA) is 80.2 Å². The number of nitrogens with zero attached hydrogens (tertiary/aromatic N) is 1. The first-order valence-electron chi connectivity index (χ1n) is 9.67. The van der Waals surface area contributed by atoms with E-state index in [1.54, 1.807) is 42.6 Å². The lowest BCUT2D eigenvalue weighted by molar-refractivity contribution is 0.0950. The summed E-state index contributed by atoms with van der Waals surface area (Å²) in [5, 5.41) is 5.36. The molecule has 0 saturated heterocycles. The van der Waals surface area contributed by atoms with Crippen LogP contribution in [0.3, 0.4) is 0 Å². The standard InChI is InChI=1S/C23H22FN3O3/c1-2-3-14-25-21(28)19-8-6-15-27(23(19)30)17-12-10-16(11-13-17)26-22(29)18-7-4-5-9-20(18)24/h4-13,15H,2-3,14H2,1H3,(H,25,28)(H,26,29). The molecule has 1 aromatic heterocycles. The predicted molar refractivity (Wildman–Crippen MR) is 114 cm³/mol. The van der Waals surface area contributed by atoms with E-state index in [1.807, 2.05) is 6.92 Å². The van der Waals surface area contributed by atoms with Gasteiger partial charge in [0.1, 0.15) is 11.4 Å². The van der Waals surface area contributed by atoms with Crippen LogP contribution in [0, 0.1) is 5.82 Å². The molecule has 2 N–H and O–H groups in total. The normalized spacial score (nSPS) is 10.5. The molecule has 2 aromatic carbocycles. The molecule has 0 atom stereocenters. The van der Waals surface area contributed by atoms with Crippen molar-refractivity contribution in [2.75, 3.05) is 11.9 Å². The Kier molecular flexibility index (Phi) is 6.75. The van der Waals surface area contributed by atoms with Gasteiger partial charge in [0.2, 0.25) is 0 Å². The molecule has 30 heavy (non-hydrogen) atoms. The molecule has 3 aromatic rings. The fourth-order valence-electron chi connectivity index (χ4n) is 2.89. The average Bonchev–Trinajstić information content (AvgIpc) is 2.75. The molecule has 6 nitrogen and oxygen atoms in total. The number of hydrogen-bond donors (Lipinski definition) is 2. The molecule has 154 valence electrons. The molecule has 7 heteroatoms. The van der Waals surface area contributed by atoms with Crippen LogP contribution in [0.2, 0.25) is 0 Å². The highest BCUT2D eigenvalue weighted by Gasteiger charge is 2.13. The first-order chi connectivity index (χ1) is 14.5. The highest BCUT2D eigenvalue weighted by atomic mass is 19.1. The Morgan fingerprint density at radius 2 is 1.63 bits per heavy atom. The van der Waals surface area contributed by atoms with Gasteiger partial charge in [-0.2, -0.15) is 0 Å². The molecular weight excluding hydrogens is 385 g/mol. The Hall–Kier alpha value is -3.74. The Morgan fingerprint density at radius 3 is 2.33 bits per heavy atom. The van der Waals surface area contributed by atoms with Crippen molar-refractivity contribution in [3.63, 3.8) is 0 Å². The van der Waals surface area contributed by atoms with Gasteiger partial charge in [-0.05, 0) is 55.0 Å². The zero-order valence-corrected chi connectivity index (χ0v) is 16.5. The molecule has 0 aliphatic rings. The number of carbonyl (C=O) groups excluding carboxylic acids is 2. The summed E-state index contributed by atoms with van der Waals surface area (Å²) in [6, 6.07) is 15.3. The summed E-state index contributed by atoms with van der Waals surface area (Å²) in [6.45, 7) is 2.53. The first kappa shape index (κ1) is 21.0. The number of halogens is 1. The van der Waals surface area contributed by atoms with Crippen LogP contribution in [-0.2, 0) is 0 Å². The summed E-state index contributed by atoms with van der Waals surface area (Å²) in [7, 11) is 0. The summed E-state index contributed by atoms with van der Waals surface area (Å²) in [5.74, 6) is -1.58. The zero-order chi connectivity index (χ0) is 21.5. The van der Waals surface area contributed by atoms with Crippen LogP contribution in [0.1, 0.15) is 40.5 Å². The summed E-state index contributed by atoms with van der Waals surface area (Å²) in [4.78, 5) is 37.2. The minimum atomic E-state index is -0.604. The summed E-state index contributed by atoms with van der Waals surface area (Å²) in [6.07, 6.45) is 3.35. The number of pyridine rings is 1. The third-order valence-electron chi connectivity index (χ3n) is 4.53. The number of hydrogen-bond acceptors (Lipinski definition) is 3. The molecule has 0 radical (unpaired) electrons. The van der Waals surface area contributed by atoms with E-state index in [1.165, 1.54) is 28.8 Å². The van der Waals surface area contributed by atoms with Crippen molar-refractivity contribution in [2.24, 2.45) is 0 Å². The largest absolute Gasteiger partial charge is 0.352 e. The number of amides is 2. The third-order valence-corrected chi connectivity index (χ3v) is 4.53. The predicted octanol–water partition coefficient (Wildman–Crippen LogP) is 3.76. The Balaban J connectivity index is 1.77. The van der Waals surface area contributed by atoms with Gasteiger partial charge in [-0.3, -0.25) is 19.0 Å². The second-order valence-electron chi connectivity index (χ2n) is 6.69. The van der Waals surface area contributed by atoms with Crippen LogP contribution in [0.25, 0.3) is 5.69 Å². The van der Waals surface area contributed by atoms with Gasteiger partial charge in [0.25, 0.3) is 17.4 Å². The quantitative estimate of drug-likeness (QED) is 0.585. The van der Waals surface area contributed by atoms with E-state index in [9.17, 15) is 18.8 Å². The Labute approximate surface area is 173 Å². The first-order valence-corrected chi connectivity index (χ1v) is 9.67. The number of carbonyl (C=O) groups is 2. The molecule has 0 bridgehead atoms. The van der Waals surface area contributed by atoms with E-state index in [0.717, 1.165) is 12.8 Å². The highest BCUT2D eigenvalue weighted by Crippen LogP contribution is 2.15. The smallest absolute Gasteiger partial charge is 0.267 e. The second-order valence-corrected chi connectivity index (χ2v) is 6.69. The SMILES string of the molecule is CCCCNC(=O)c1cccn(-c2ccc(NC(=O)c3ccccc3F)cc2)c1=O. The van der Waals surface area contributed by atoms with Crippen molar-refractivity contribution in [3.8, 4) is 5.69 Å². The van der Waals surface area contributed by atoms with Crippen LogP contribution in [0.5, 0.6) is 0 Å². The summed E-state index contributed by atoms with van der Waals surface area (Å²) in [5.41, 5.74) is 0.556. The van der Waals surface area contributed by atoms with Gasteiger partial charge in [0.05, 0.1) is 5.56 Å².